The Labute approximate surface area is 195 Å². The summed E-state index contributed by atoms with van der Waals surface area (Å²) in [4.78, 5) is 25.9. The number of hydrogen-bond donors (Lipinski definition) is 3. The van der Waals surface area contributed by atoms with Gasteiger partial charge in [0.2, 0.25) is 5.91 Å². The van der Waals surface area contributed by atoms with Crippen LogP contribution in [0, 0.1) is 17.0 Å². The van der Waals surface area contributed by atoms with Gasteiger partial charge in [0.25, 0.3) is 5.91 Å². The van der Waals surface area contributed by atoms with Gasteiger partial charge in [-0.2, -0.15) is 5.10 Å². The van der Waals surface area contributed by atoms with Crippen molar-refractivity contribution in [2.24, 2.45) is 10.6 Å². The lowest BCUT2D eigenvalue weighted by Crippen LogP contribution is -2.54. The molecule has 0 spiro atoms. The van der Waals surface area contributed by atoms with Gasteiger partial charge in [-0.1, -0.05) is 57.0 Å². The third-order valence-corrected chi connectivity index (χ3v) is 5.54. The smallest absolute Gasteiger partial charge is 0.273 e. The lowest BCUT2D eigenvalue weighted by molar-refractivity contribution is -0.125. The molecule has 7 nitrogen and oxygen atoms in total. The number of para-hydroxylation sites is 1. The minimum Gasteiger partial charge on any atom is -0.353 e. The van der Waals surface area contributed by atoms with E-state index in [4.69, 9.17) is 5.14 Å². The summed E-state index contributed by atoms with van der Waals surface area (Å²) in [6.07, 6.45) is 0. The summed E-state index contributed by atoms with van der Waals surface area (Å²) in [7, 11) is 0. The van der Waals surface area contributed by atoms with Crippen LogP contribution >= 0.6 is 11.9 Å². The largest absolute Gasteiger partial charge is 0.353 e. The van der Waals surface area contributed by atoms with Crippen LogP contribution in [0.3, 0.4) is 0 Å². The number of fused-ring (bicyclic) bond motifs is 1. The Morgan fingerprint density at radius 3 is 2.48 bits per heavy atom. The van der Waals surface area contributed by atoms with Gasteiger partial charge in [0.1, 0.15) is 23.2 Å². The van der Waals surface area contributed by atoms with Gasteiger partial charge in [-0.15, -0.1) is 0 Å². The zero-order valence-corrected chi connectivity index (χ0v) is 19.5. The van der Waals surface area contributed by atoms with Crippen molar-refractivity contribution in [2.45, 2.75) is 33.4 Å². The molecule has 0 saturated carbocycles. The summed E-state index contributed by atoms with van der Waals surface area (Å²) in [6, 6.07) is 9.29. The first kappa shape index (κ1) is 24.7. The second kappa shape index (κ2) is 10.3. The number of rotatable bonds is 8. The van der Waals surface area contributed by atoms with Gasteiger partial charge >= 0.3 is 0 Å². The first-order chi connectivity index (χ1) is 15.6. The topological polar surface area (TPSA) is 102 Å². The molecular weight excluding hydrogens is 448 g/mol. The molecule has 0 aliphatic carbocycles. The second-order valence-corrected chi connectivity index (χ2v) is 9.44. The van der Waals surface area contributed by atoms with Crippen LogP contribution in [0.5, 0.6) is 0 Å². The zero-order chi connectivity index (χ0) is 24.2. The van der Waals surface area contributed by atoms with Crippen molar-refractivity contribution >= 4 is 34.7 Å². The number of nitrogens with zero attached hydrogens (tertiary/aromatic N) is 2. The molecule has 2 aromatic carbocycles. The number of aromatic nitrogens is 2. The Balaban J connectivity index is 1.93. The van der Waals surface area contributed by atoms with E-state index in [0.717, 1.165) is 11.9 Å². The van der Waals surface area contributed by atoms with Gasteiger partial charge in [0.15, 0.2) is 5.69 Å². The van der Waals surface area contributed by atoms with E-state index < -0.39 is 23.2 Å². The lowest BCUT2D eigenvalue weighted by atomic mass is 9.86. The minimum atomic E-state index is -0.848. The number of halogens is 2. The number of carbonyl (C=O) groups is 2. The van der Waals surface area contributed by atoms with Crippen molar-refractivity contribution in [1.29, 1.82) is 0 Å². The quantitative estimate of drug-likeness (QED) is 0.343. The van der Waals surface area contributed by atoms with Crippen molar-refractivity contribution in [1.82, 2.24) is 20.4 Å². The molecule has 0 fully saturated rings. The maximum absolute atomic E-state index is 14.7. The van der Waals surface area contributed by atoms with E-state index in [9.17, 15) is 18.4 Å². The Hall–Kier alpha value is -2.98. The molecule has 10 heteroatoms. The van der Waals surface area contributed by atoms with Crippen LogP contribution in [-0.2, 0) is 11.3 Å². The molecule has 33 heavy (non-hydrogen) atoms. The molecule has 1 aromatic heterocycles. The molecule has 1 heterocycles. The van der Waals surface area contributed by atoms with E-state index in [1.54, 1.807) is 18.2 Å². The molecule has 0 saturated heterocycles. The van der Waals surface area contributed by atoms with Crippen LogP contribution < -0.4 is 15.8 Å². The van der Waals surface area contributed by atoms with Crippen molar-refractivity contribution in [3.05, 3.63) is 65.4 Å². The molecule has 3 rings (SSSR count). The number of nitrogens with two attached hydrogens (primary N) is 1. The zero-order valence-electron chi connectivity index (χ0n) is 18.7. The fourth-order valence-electron chi connectivity index (χ4n) is 3.45. The fraction of sp³-hybridized carbons (Fsp3) is 0.348. The van der Waals surface area contributed by atoms with E-state index >= 15 is 0 Å². The molecule has 0 aliphatic rings. The Morgan fingerprint density at radius 2 is 1.85 bits per heavy atom. The van der Waals surface area contributed by atoms with E-state index in [0.29, 0.717) is 23.2 Å². The summed E-state index contributed by atoms with van der Waals surface area (Å²) in [5, 5.41) is 15.6. The van der Waals surface area contributed by atoms with Crippen LogP contribution in [-0.4, -0.2) is 39.9 Å². The number of carbonyl (C=O) groups excluding carboxylic acids is 2. The third kappa shape index (κ3) is 5.88. The predicted octanol–water partition coefficient (Wildman–Crippen LogP) is 3.23. The molecule has 0 radical (unpaired) electrons. The molecule has 1 atom stereocenters. The van der Waals surface area contributed by atoms with Crippen molar-refractivity contribution in [3.8, 4) is 0 Å². The molecular formula is C23H27F2N5O2S. The highest BCUT2D eigenvalue weighted by molar-refractivity contribution is 7.97. The molecule has 0 aliphatic heterocycles. The van der Waals surface area contributed by atoms with Crippen molar-refractivity contribution < 1.29 is 18.4 Å². The molecule has 0 bridgehead atoms. The van der Waals surface area contributed by atoms with Gasteiger partial charge in [-0.25, -0.2) is 8.78 Å². The molecule has 1 unspecified atom stereocenters. The van der Waals surface area contributed by atoms with Crippen LogP contribution in [0.4, 0.5) is 8.78 Å². The molecule has 2 amide bonds. The number of amides is 2. The SMILES string of the molecule is CC(C)(C)C(NC(=O)c1nn(Cc2ccc(F)cc2)c2c(F)cccc12)C(=O)NCCSN. The molecule has 4 N–H and O–H groups in total. The monoisotopic (exact) mass is 475 g/mol. The Morgan fingerprint density at radius 1 is 1.15 bits per heavy atom. The lowest BCUT2D eigenvalue weighted by Gasteiger charge is -2.30. The minimum absolute atomic E-state index is 0.00572. The number of nitrogens with one attached hydrogen (secondary N) is 2. The predicted molar refractivity (Wildman–Crippen MR) is 126 cm³/mol. The first-order valence-electron chi connectivity index (χ1n) is 10.4. The average Bonchev–Trinajstić information content (AvgIpc) is 3.12. The third-order valence-electron chi connectivity index (χ3n) is 5.10. The van der Waals surface area contributed by atoms with Gasteiger partial charge in [0.05, 0.1) is 6.54 Å². The van der Waals surface area contributed by atoms with E-state index in [1.807, 2.05) is 20.8 Å². The maximum atomic E-state index is 14.7. The Kier molecular flexibility index (Phi) is 7.70. The molecule has 176 valence electrons. The average molecular weight is 476 g/mol. The van der Waals surface area contributed by atoms with Crippen LogP contribution in [0.1, 0.15) is 36.8 Å². The number of benzene rings is 2. The van der Waals surface area contributed by atoms with Gasteiger partial charge in [-0.3, -0.25) is 19.4 Å². The maximum Gasteiger partial charge on any atom is 0.273 e. The van der Waals surface area contributed by atoms with Gasteiger partial charge < -0.3 is 10.6 Å². The van der Waals surface area contributed by atoms with Crippen molar-refractivity contribution in [3.63, 3.8) is 0 Å². The summed E-state index contributed by atoms with van der Waals surface area (Å²) < 4.78 is 29.3. The highest BCUT2D eigenvalue weighted by Crippen LogP contribution is 2.25. The van der Waals surface area contributed by atoms with E-state index in [1.165, 1.54) is 28.9 Å². The Bertz CT molecular complexity index is 1140. The van der Waals surface area contributed by atoms with Gasteiger partial charge in [-0.05, 0) is 29.2 Å². The standard InChI is InChI=1S/C23H27F2N5O2S/c1-23(2,3)20(22(32)27-11-12-33-26)28-21(31)18-16-5-4-6-17(25)19(16)30(29-18)13-14-7-9-15(24)10-8-14/h4-10,20H,11-13,26H2,1-3H3,(H,27,32)(H,28,31). The van der Waals surface area contributed by atoms with E-state index in [-0.39, 0.29) is 29.5 Å². The first-order valence-corrected chi connectivity index (χ1v) is 11.5. The normalized spacial score (nSPS) is 12.5. The summed E-state index contributed by atoms with van der Waals surface area (Å²) in [6.45, 7) is 6.01. The van der Waals surface area contributed by atoms with Crippen LogP contribution in [0.15, 0.2) is 42.5 Å². The summed E-state index contributed by atoms with van der Waals surface area (Å²) in [5.41, 5.74) is 0.267. The highest BCUT2D eigenvalue weighted by Gasteiger charge is 2.34. The summed E-state index contributed by atoms with van der Waals surface area (Å²) in [5.74, 6) is -1.32. The van der Waals surface area contributed by atoms with Crippen LogP contribution in [0.25, 0.3) is 10.9 Å². The fourth-order valence-corrected chi connectivity index (χ4v) is 3.67. The number of hydrogen-bond acceptors (Lipinski definition) is 5. The van der Waals surface area contributed by atoms with Gasteiger partial charge in [0, 0.05) is 17.7 Å². The summed E-state index contributed by atoms with van der Waals surface area (Å²) >= 11 is 1.11. The second-order valence-electron chi connectivity index (χ2n) is 8.70. The van der Waals surface area contributed by atoms with E-state index in [2.05, 4.69) is 15.7 Å². The molecule has 3 aromatic rings. The van der Waals surface area contributed by atoms with Crippen LogP contribution in [0.2, 0.25) is 0 Å². The highest BCUT2D eigenvalue weighted by atomic mass is 32.2. The van der Waals surface area contributed by atoms with Crippen molar-refractivity contribution in [2.75, 3.05) is 12.3 Å².